The molecule has 1 fully saturated rings. The Morgan fingerprint density at radius 2 is 1.92 bits per heavy atom. The zero-order chi connectivity index (χ0) is 17.5. The van der Waals surface area contributed by atoms with Crippen molar-refractivity contribution in [1.82, 2.24) is 20.2 Å². The lowest BCUT2D eigenvalue weighted by Gasteiger charge is -2.35. The van der Waals surface area contributed by atoms with Crippen molar-refractivity contribution in [3.63, 3.8) is 0 Å². The Morgan fingerprint density at radius 1 is 1.16 bits per heavy atom. The minimum absolute atomic E-state index is 0.110. The summed E-state index contributed by atoms with van der Waals surface area (Å²) >= 11 is 0. The summed E-state index contributed by atoms with van der Waals surface area (Å²) in [7, 11) is 0. The molecule has 2 amide bonds. The number of aromatic nitrogens is 2. The summed E-state index contributed by atoms with van der Waals surface area (Å²) in [6, 6.07) is 5.68. The van der Waals surface area contributed by atoms with E-state index < -0.39 is 0 Å². The number of carbonyl (C=O) groups is 1. The summed E-state index contributed by atoms with van der Waals surface area (Å²) in [5.41, 5.74) is 0. The van der Waals surface area contributed by atoms with Crippen molar-refractivity contribution >= 4 is 11.8 Å². The summed E-state index contributed by atoms with van der Waals surface area (Å²) in [4.78, 5) is 24.4. The predicted octanol–water partition coefficient (Wildman–Crippen LogP) is 1.53. The van der Waals surface area contributed by atoms with E-state index in [2.05, 4.69) is 20.2 Å². The van der Waals surface area contributed by atoms with E-state index in [1.54, 1.807) is 35.6 Å². The summed E-state index contributed by atoms with van der Waals surface area (Å²) in [6.45, 7) is 3.41. The number of hydrogen-bond acceptors (Lipinski definition) is 5. The number of piperazine rings is 1. The van der Waals surface area contributed by atoms with Crippen LogP contribution in [0.15, 0.2) is 42.9 Å². The molecule has 7 nitrogen and oxygen atoms in total. The molecule has 8 heteroatoms. The maximum Gasteiger partial charge on any atom is 0.317 e. The third kappa shape index (κ3) is 4.79. The highest BCUT2D eigenvalue weighted by Crippen LogP contribution is 2.12. The van der Waals surface area contributed by atoms with Gasteiger partial charge in [-0.25, -0.2) is 14.2 Å². The van der Waals surface area contributed by atoms with Crippen LogP contribution in [0.4, 0.5) is 15.0 Å². The van der Waals surface area contributed by atoms with E-state index in [1.807, 2.05) is 0 Å². The summed E-state index contributed by atoms with van der Waals surface area (Å²) in [5.74, 6) is 1.10. The number of benzene rings is 1. The highest BCUT2D eigenvalue weighted by atomic mass is 19.1. The first kappa shape index (κ1) is 16.9. The second kappa shape index (κ2) is 8.27. The second-order valence-electron chi connectivity index (χ2n) is 5.57. The van der Waals surface area contributed by atoms with Crippen LogP contribution in [-0.2, 0) is 0 Å². The van der Waals surface area contributed by atoms with Crippen molar-refractivity contribution < 1.29 is 13.9 Å². The molecule has 0 unspecified atom stereocenters. The van der Waals surface area contributed by atoms with E-state index in [9.17, 15) is 9.18 Å². The molecule has 2 aromatic rings. The number of rotatable bonds is 5. The molecule has 0 bridgehead atoms. The smallest absolute Gasteiger partial charge is 0.317 e. The Labute approximate surface area is 145 Å². The largest absolute Gasteiger partial charge is 0.492 e. The van der Waals surface area contributed by atoms with Gasteiger partial charge in [-0.3, -0.25) is 4.98 Å². The number of urea groups is 1. The van der Waals surface area contributed by atoms with E-state index >= 15 is 0 Å². The van der Waals surface area contributed by atoms with Crippen molar-refractivity contribution in [2.45, 2.75) is 0 Å². The second-order valence-corrected chi connectivity index (χ2v) is 5.57. The molecule has 0 atom stereocenters. The van der Waals surface area contributed by atoms with E-state index in [4.69, 9.17) is 4.74 Å². The molecule has 1 aliphatic heterocycles. The fraction of sp³-hybridized carbons (Fsp3) is 0.353. The summed E-state index contributed by atoms with van der Waals surface area (Å²) in [5, 5.41) is 2.83. The predicted molar refractivity (Wildman–Crippen MR) is 91.1 cm³/mol. The highest BCUT2D eigenvalue weighted by molar-refractivity contribution is 5.74. The normalized spacial score (nSPS) is 14.3. The monoisotopic (exact) mass is 345 g/mol. The van der Waals surface area contributed by atoms with Crippen LogP contribution in [0.1, 0.15) is 0 Å². The number of hydrogen-bond donors (Lipinski definition) is 1. The number of carbonyl (C=O) groups excluding carboxylic acids is 1. The number of halogens is 1. The zero-order valence-electron chi connectivity index (χ0n) is 13.8. The fourth-order valence-corrected chi connectivity index (χ4v) is 2.56. The third-order valence-electron chi connectivity index (χ3n) is 3.90. The SMILES string of the molecule is O=C(NCCOc1ccc(F)cc1)N1CCN(c2cnccn2)CC1. The minimum Gasteiger partial charge on any atom is -0.492 e. The van der Waals surface area contributed by atoms with Crippen molar-refractivity contribution in [3.8, 4) is 5.75 Å². The molecule has 25 heavy (non-hydrogen) atoms. The number of ether oxygens (including phenoxy) is 1. The number of amides is 2. The quantitative estimate of drug-likeness (QED) is 0.832. The first-order chi connectivity index (χ1) is 12.2. The molecule has 1 aliphatic rings. The lowest BCUT2D eigenvalue weighted by molar-refractivity contribution is 0.191. The Hall–Kier alpha value is -2.90. The van der Waals surface area contributed by atoms with Crippen molar-refractivity contribution in [2.24, 2.45) is 0 Å². The maximum absolute atomic E-state index is 12.8. The topological polar surface area (TPSA) is 70.6 Å². The van der Waals surface area contributed by atoms with Crippen LogP contribution >= 0.6 is 0 Å². The molecule has 2 heterocycles. The molecular formula is C17H20FN5O2. The summed E-state index contributed by atoms with van der Waals surface area (Å²) in [6.07, 6.45) is 5.03. The average Bonchev–Trinajstić information content (AvgIpc) is 2.67. The van der Waals surface area contributed by atoms with Crippen LogP contribution in [0.25, 0.3) is 0 Å². The standard InChI is InChI=1S/C17H20FN5O2/c18-14-1-3-15(4-2-14)25-12-7-21-17(24)23-10-8-22(9-11-23)16-13-19-5-6-20-16/h1-6,13H,7-12H2,(H,21,24). The Morgan fingerprint density at radius 3 is 2.60 bits per heavy atom. The Bertz CT molecular complexity index is 675. The van der Waals surface area contributed by atoms with Gasteiger partial charge in [0.1, 0.15) is 24.0 Å². The van der Waals surface area contributed by atoms with Gasteiger partial charge in [0.05, 0.1) is 12.7 Å². The van der Waals surface area contributed by atoms with Crippen LogP contribution in [0.3, 0.4) is 0 Å². The zero-order valence-corrected chi connectivity index (χ0v) is 13.8. The van der Waals surface area contributed by atoms with Gasteiger partial charge >= 0.3 is 6.03 Å². The molecule has 1 aromatic heterocycles. The number of nitrogens with zero attached hydrogens (tertiary/aromatic N) is 4. The van der Waals surface area contributed by atoms with Crippen LogP contribution in [-0.4, -0.2) is 60.2 Å². The molecule has 0 aliphatic carbocycles. The number of nitrogens with one attached hydrogen (secondary N) is 1. The van der Waals surface area contributed by atoms with Crippen molar-refractivity contribution in [1.29, 1.82) is 0 Å². The fourth-order valence-electron chi connectivity index (χ4n) is 2.56. The van der Waals surface area contributed by atoms with Crippen LogP contribution < -0.4 is 15.0 Å². The van der Waals surface area contributed by atoms with Crippen LogP contribution in [0.2, 0.25) is 0 Å². The molecule has 1 aromatic carbocycles. The molecule has 3 rings (SSSR count). The third-order valence-corrected chi connectivity index (χ3v) is 3.90. The molecule has 0 spiro atoms. The number of anilines is 1. The summed E-state index contributed by atoms with van der Waals surface area (Å²) < 4.78 is 18.2. The maximum atomic E-state index is 12.8. The first-order valence-electron chi connectivity index (χ1n) is 8.14. The van der Waals surface area contributed by atoms with E-state index in [1.165, 1.54) is 12.1 Å². The van der Waals surface area contributed by atoms with Crippen molar-refractivity contribution in [2.75, 3.05) is 44.2 Å². The first-order valence-corrected chi connectivity index (χ1v) is 8.14. The lowest BCUT2D eigenvalue weighted by atomic mass is 10.3. The van der Waals surface area contributed by atoms with E-state index in [-0.39, 0.29) is 11.8 Å². The van der Waals surface area contributed by atoms with Gasteiger partial charge in [0.25, 0.3) is 0 Å². The van der Waals surface area contributed by atoms with Crippen LogP contribution in [0.5, 0.6) is 5.75 Å². The van der Waals surface area contributed by atoms with Gasteiger partial charge in [0, 0.05) is 38.6 Å². The molecule has 0 saturated carbocycles. The van der Waals surface area contributed by atoms with Gasteiger partial charge in [-0.1, -0.05) is 0 Å². The van der Waals surface area contributed by atoms with Gasteiger partial charge in [-0.15, -0.1) is 0 Å². The molecular weight excluding hydrogens is 325 g/mol. The van der Waals surface area contributed by atoms with Gasteiger partial charge in [0.15, 0.2) is 0 Å². The van der Waals surface area contributed by atoms with Crippen molar-refractivity contribution in [3.05, 3.63) is 48.7 Å². The Kier molecular flexibility index (Phi) is 5.61. The van der Waals surface area contributed by atoms with Gasteiger partial charge in [-0.2, -0.15) is 0 Å². The highest BCUT2D eigenvalue weighted by Gasteiger charge is 2.21. The van der Waals surface area contributed by atoms with Gasteiger partial charge < -0.3 is 19.9 Å². The molecule has 132 valence electrons. The Balaban J connectivity index is 1.36. The average molecular weight is 345 g/mol. The van der Waals surface area contributed by atoms with Crippen LogP contribution in [0, 0.1) is 5.82 Å². The molecule has 1 N–H and O–H groups in total. The van der Waals surface area contributed by atoms with E-state index in [0.717, 1.165) is 18.9 Å². The lowest BCUT2D eigenvalue weighted by Crippen LogP contribution is -2.52. The van der Waals surface area contributed by atoms with Gasteiger partial charge in [0.2, 0.25) is 0 Å². The van der Waals surface area contributed by atoms with Gasteiger partial charge in [-0.05, 0) is 24.3 Å². The molecule has 1 saturated heterocycles. The molecule has 0 radical (unpaired) electrons. The van der Waals surface area contributed by atoms with E-state index in [0.29, 0.717) is 32.0 Å². The minimum atomic E-state index is -0.304.